The molecule has 2 N–H and O–H groups in total. The van der Waals surface area contributed by atoms with Crippen LogP contribution in [0.1, 0.15) is 22.7 Å². The van der Waals surface area contributed by atoms with Gasteiger partial charge in [-0.2, -0.15) is 0 Å². The standard InChI is InChI=1S/C19H22N2O3/c1-13-9-10-14(2)16(11-13)24-12-17(22)21-18(19(23)20-3)15-7-5-4-6-8-15/h4-11,18H,12H2,1-3H3,(H,20,23)(H,21,22). The molecular weight excluding hydrogens is 304 g/mol. The van der Waals surface area contributed by atoms with Crippen LogP contribution in [0.4, 0.5) is 0 Å². The molecule has 0 saturated heterocycles. The fraction of sp³-hybridized carbons (Fsp3) is 0.263. The number of nitrogens with one attached hydrogen (secondary N) is 2. The Morgan fingerprint density at radius 3 is 2.46 bits per heavy atom. The first-order chi connectivity index (χ1) is 11.5. The number of carbonyl (C=O) groups excluding carboxylic acids is 2. The van der Waals surface area contributed by atoms with Crippen LogP contribution in [0.5, 0.6) is 5.75 Å². The number of rotatable bonds is 6. The molecule has 1 atom stereocenters. The van der Waals surface area contributed by atoms with Gasteiger partial charge in [-0.3, -0.25) is 9.59 Å². The molecule has 5 heteroatoms. The van der Waals surface area contributed by atoms with Crippen LogP contribution >= 0.6 is 0 Å². The third kappa shape index (κ3) is 4.59. The Hall–Kier alpha value is -2.82. The molecule has 0 aromatic heterocycles. The lowest BCUT2D eigenvalue weighted by atomic mass is 10.1. The Morgan fingerprint density at radius 1 is 1.08 bits per heavy atom. The molecule has 0 aliphatic rings. The average Bonchev–Trinajstić information content (AvgIpc) is 2.60. The molecule has 0 aliphatic heterocycles. The van der Waals surface area contributed by atoms with Crippen LogP contribution in [0.2, 0.25) is 0 Å². The number of hydrogen-bond acceptors (Lipinski definition) is 3. The van der Waals surface area contributed by atoms with E-state index in [1.54, 1.807) is 12.1 Å². The molecule has 2 rings (SSSR count). The fourth-order valence-electron chi connectivity index (χ4n) is 2.30. The molecule has 0 fully saturated rings. The van der Waals surface area contributed by atoms with Crippen molar-refractivity contribution in [3.63, 3.8) is 0 Å². The monoisotopic (exact) mass is 326 g/mol. The first-order valence-electron chi connectivity index (χ1n) is 7.77. The van der Waals surface area contributed by atoms with Crippen molar-refractivity contribution in [3.8, 4) is 5.75 Å². The van der Waals surface area contributed by atoms with E-state index in [2.05, 4.69) is 10.6 Å². The Bertz CT molecular complexity index is 714. The van der Waals surface area contributed by atoms with Gasteiger partial charge in [-0.15, -0.1) is 0 Å². The van der Waals surface area contributed by atoms with E-state index in [0.717, 1.165) is 16.7 Å². The smallest absolute Gasteiger partial charge is 0.258 e. The van der Waals surface area contributed by atoms with E-state index < -0.39 is 6.04 Å². The highest BCUT2D eigenvalue weighted by molar-refractivity contribution is 5.89. The zero-order valence-corrected chi connectivity index (χ0v) is 14.1. The summed E-state index contributed by atoms with van der Waals surface area (Å²) in [5, 5.41) is 5.28. The summed E-state index contributed by atoms with van der Waals surface area (Å²) in [6.07, 6.45) is 0. The van der Waals surface area contributed by atoms with Crippen LogP contribution in [-0.4, -0.2) is 25.5 Å². The van der Waals surface area contributed by atoms with Crippen LogP contribution in [0.3, 0.4) is 0 Å². The summed E-state index contributed by atoms with van der Waals surface area (Å²) >= 11 is 0. The van der Waals surface area contributed by atoms with Crippen molar-refractivity contribution in [2.75, 3.05) is 13.7 Å². The third-order valence-corrected chi connectivity index (χ3v) is 3.65. The minimum Gasteiger partial charge on any atom is -0.483 e. The first-order valence-corrected chi connectivity index (χ1v) is 7.77. The molecule has 5 nitrogen and oxygen atoms in total. The van der Waals surface area contributed by atoms with Gasteiger partial charge in [-0.25, -0.2) is 0 Å². The topological polar surface area (TPSA) is 67.4 Å². The number of amides is 2. The van der Waals surface area contributed by atoms with Crippen molar-refractivity contribution >= 4 is 11.8 Å². The van der Waals surface area contributed by atoms with Crippen molar-refractivity contribution in [2.45, 2.75) is 19.9 Å². The molecule has 24 heavy (non-hydrogen) atoms. The number of benzene rings is 2. The normalized spacial score (nSPS) is 11.5. The molecule has 0 saturated carbocycles. The molecule has 0 bridgehead atoms. The Morgan fingerprint density at radius 2 is 1.79 bits per heavy atom. The Kier molecular flexibility index (Phi) is 5.95. The van der Waals surface area contributed by atoms with Gasteiger partial charge in [0.25, 0.3) is 5.91 Å². The zero-order valence-electron chi connectivity index (χ0n) is 14.1. The van der Waals surface area contributed by atoms with Gasteiger partial charge in [0.05, 0.1) is 0 Å². The number of aryl methyl sites for hydroxylation is 2. The SMILES string of the molecule is CNC(=O)C(NC(=O)COc1cc(C)ccc1C)c1ccccc1. The molecule has 2 amide bonds. The van der Waals surface area contributed by atoms with Crippen molar-refractivity contribution < 1.29 is 14.3 Å². The fourth-order valence-corrected chi connectivity index (χ4v) is 2.30. The average molecular weight is 326 g/mol. The van der Waals surface area contributed by atoms with Gasteiger partial charge in [-0.05, 0) is 36.6 Å². The molecule has 0 spiro atoms. The lowest BCUT2D eigenvalue weighted by molar-refractivity contribution is -0.129. The van der Waals surface area contributed by atoms with E-state index >= 15 is 0 Å². The molecule has 0 radical (unpaired) electrons. The van der Waals surface area contributed by atoms with E-state index in [-0.39, 0.29) is 18.4 Å². The van der Waals surface area contributed by atoms with E-state index in [9.17, 15) is 9.59 Å². The van der Waals surface area contributed by atoms with Crippen molar-refractivity contribution in [1.29, 1.82) is 0 Å². The van der Waals surface area contributed by atoms with Gasteiger partial charge in [0.1, 0.15) is 11.8 Å². The van der Waals surface area contributed by atoms with Gasteiger partial charge in [0, 0.05) is 7.05 Å². The van der Waals surface area contributed by atoms with Gasteiger partial charge in [-0.1, -0.05) is 42.5 Å². The number of carbonyl (C=O) groups is 2. The second-order valence-corrected chi connectivity index (χ2v) is 5.58. The second-order valence-electron chi connectivity index (χ2n) is 5.58. The van der Waals surface area contributed by atoms with E-state index in [1.807, 2.05) is 50.2 Å². The Labute approximate surface area is 142 Å². The van der Waals surface area contributed by atoms with Crippen LogP contribution in [0.25, 0.3) is 0 Å². The van der Waals surface area contributed by atoms with Crippen molar-refractivity contribution in [2.24, 2.45) is 0 Å². The van der Waals surface area contributed by atoms with Crippen LogP contribution < -0.4 is 15.4 Å². The predicted molar refractivity (Wildman–Crippen MR) is 92.8 cm³/mol. The summed E-state index contributed by atoms with van der Waals surface area (Å²) in [4.78, 5) is 24.3. The third-order valence-electron chi connectivity index (χ3n) is 3.65. The van der Waals surface area contributed by atoms with E-state index in [0.29, 0.717) is 5.75 Å². The first kappa shape index (κ1) is 17.5. The van der Waals surface area contributed by atoms with Crippen LogP contribution in [0.15, 0.2) is 48.5 Å². The minimum absolute atomic E-state index is 0.148. The zero-order chi connectivity index (χ0) is 17.5. The van der Waals surface area contributed by atoms with Gasteiger partial charge < -0.3 is 15.4 Å². The van der Waals surface area contributed by atoms with Crippen LogP contribution in [-0.2, 0) is 9.59 Å². The molecule has 0 heterocycles. The summed E-state index contributed by atoms with van der Waals surface area (Å²) in [6.45, 7) is 3.73. The lowest BCUT2D eigenvalue weighted by Crippen LogP contribution is -2.41. The second kappa shape index (κ2) is 8.15. The molecule has 0 aliphatic carbocycles. The predicted octanol–water partition coefficient (Wildman–Crippen LogP) is 2.29. The van der Waals surface area contributed by atoms with Crippen molar-refractivity contribution in [1.82, 2.24) is 10.6 Å². The molecule has 126 valence electrons. The summed E-state index contributed by atoms with van der Waals surface area (Å²) in [5.41, 5.74) is 2.74. The molecule has 1 unspecified atom stereocenters. The minimum atomic E-state index is -0.745. The number of hydrogen-bond donors (Lipinski definition) is 2. The lowest BCUT2D eigenvalue weighted by Gasteiger charge is -2.18. The van der Waals surface area contributed by atoms with E-state index in [1.165, 1.54) is 7.05 Å². The summed E-state index contributed by atoms with van der Waals surface area (Å²) in [6, 6.07) is 14.2. The van der Waals surface area contributed by atoms with Gasteiger partial charge in [0.15, 0.2) is 6.61 Å². The number of likely N-dealkylation sites (N-methyl/N-ethyl adjacent to an activating group) is 1. The van der Waals surface area contributed by atoms with E-state index in [4.69, 9.17) is 4.74 Å². The maximum atomic E-state index is 12.2. The van der Waals surface area contributed by atoms with Gasteiger partial charge >= 0.3 is 0 Å². The summed E-state index contributed by atoms with van der Waals surface area (Å²) < 4.78 is 5.59. The quantitative estimate of drug-likeness (QED) is 0.856. The Balaban J connectivity index is 2.03. The highest BCUT2D eigenvalue weighted by Crippen LogP contribution is 2.19. The molecule has 2 aromatic carbocycles. The largest absolute Gasteiger partial charge is 0.483 e. The number of ether oxygens (including phenoxy) is 1. The van der Waals surface area contributed by atoms with Crippen LogP contribution in [0, 0.1) is 13.8 Å². The summed E-state index contributed by atoms with van der Waals surface area (Å²) in [7, 11) is 1.54. The highest BCUT2D eigenvalue weighted by Gasteiger charge is 2.21. The maximum Gasteiger partial charge on any atom is 0.258 e. The molecular formula is C19H22N2O3. The summed E-state index contributed by atoms with van der Waals surface area (Å²) in [5.74, 6) is 0.0380. The van der Waals surface area contributed by atoms with Crippen molar-refractivity contribution in [3.05, 3.63) is 65.2 Å². The van der Waals surface area contributed by atoms with Gasteiger partial charge in [0.2, 0.25) is 5.91 Å². The highest BCUT2D eigenvalue weighted by atomic mass is 16.5. The molecule has 2 aromatic rings. The maximum absolute atomic E-state index is 12.2.